The van der Waals surface area contributed by atoms with Crippen molar-refractivity contribution in [2.75, 3.05) is 11.9 Å². The van der Waals surface area contributed by atoms with Crippen LogP contribution in [0.1, 0.15) is 12.0 Å². The molecule has 0 spiro atoms. The number of anilines is 2. The van der Waals surface area contributed by atoms with Gasteiger partial charge in [0.05, 0.1) is 11.7 Å². The van der Waals surface area contributed by atoms with E-state index in [2.05, 4.69) is 11.4 Å². The Morgan fingerprint density at radius 3 is 2.50 bits per heavy atom. The van der Waals surface area contributed by atoms with Gasteiger partial charge in [0.25, 0.3) is 0 Å². The predicted octanol–water partition coefficient (Wildman–Crippen LogP) is 2.89. The molecule has 0 aliphatic carbocycles. The van der Waals surface area contributed by atoms with Crippen molar-refractivity contribution in [3.63, 3.8) is 0 Å². The van der Waals surface area contributed by atoms with Crippen LogP contribution >= 0.6 is 0 Å². The van der Waals surface area contributed by atoms with E-state index in [9.17, 15) is 4.79 Å². The van der Waals surface area contributed by atoms with Crippen LogP contribution in [0.5, 0.6) is 0 Å². The monoisotopic (exact) mass is 266 g/mol. The lowest BCUT2D eigenvalue weighted by atomic mass is 10.1. The highest BCUT2D eigenvalue weighted by Crippen LogP contribution is 2.33. The topological polar surface area (TPSA) is 32.3 Å². The molecule has 1 heterocycles. The average molecular weight is 266 g/mol. The zero-order valence-corrected chi connectivity index (χ0v) is 11.5. The zero-order valence-electron chi connectivity index (χ0n) is 11.5. The lowest BCUT2D eigenvalue weighted by Crippen LogP contribution is -2.42. The quantitative estimate of drug-likeness (QED) is 0.906. The maximum Gasteiger partial charge on any atom is 0.248 e. The molecule has 1 atom stereocenters. The summed E-state index contributed by atoms with van der Waals surface area (Å²) in [5, 5.41) is 3.14. The standard InChI is InChI=1S/C17H18N2O/c1-18-15-12-11-13-7-5-6-10-16(13)19(17(15)20)14-8-3-2-4-9-14/h2-10,15,18H,11-12H2,1H3. The third-order valence-electron chi connectivity index (χ3n) is 3.82. The summed E-state index contributed by atoms with van der Waals surface area (Å²) in [5.74, 6) is 0.114. The van der Waals surface area contributed by atoms with Crippen molar-refractivity contribution in [2.45, 2.75) is 18.9 Å². The maximum absolute atomic E-state index is 12.8. The van der Waals surface area contributed by atoms with Gasteiger partial charge in [-0.05, 0) is 43.7 Å². The number of likely N-dealkylation sites (N-methyl/N-ethyl adjacent to an activating group) is 1. The van der Waals surface area contributed by atoms with Crippen LogP contribution in [-0.2, 0) is 11.2 Å². The van der Waals surface area contributed by atoms with Crippen LogP contribution in [0.3, 0.4) is 0 Å². The van der Waals surface area contributed by atoms with Crippen LogP contribution in [-0.4, -0.2) is 19.0 Å². The number of fused-ring (bicyclic) bond motifs is 1. The van der Waals surface area contributed by atoms with Gasteiger partial charge in [0.15, 0.2) is 0 Å². The van der Waals surface area contributed by atoms with Crippen molar-refractivity contribution >= 4 is 17.3 Å². The van der Waals surface area contributed by atoms with Gasteiger partial charge in [0.2, 0.25) is 5.91 Å². The highest BCUT2D eigenvalue weighted by Gasteiger charge is 2.29. The number of benzene rings is 2. The molecule has 3 heteroatoms. The van der Waals surface area contributed by atoms with Crippen LogP contribution in [0.15, 0.2) is 54.6 Å². The van der Waals surface area contributed by atoms with E-state index in [0.29, 0.717) is 0 Å². The first-order chi connectivity index (χ1) is 9.81. The first-order valence-corrected chi connectivity index (χ1v) is 6.95. The summed E-state index contributed by atoms with van der Waals surface area (Å²) in [6.07, 6.45) is 1.74. The Balaban J connectivity index is 2.13. The Kier molecular flexibility index (Phi) is 3.52. The number of hydrogen-bond donors (Lipinski definition) is 1. The molecule has 1 amide bonds. The van der Waals surface area contributed by atoms with E-state index in [1.807, 2.05) is 60.5 Å². The molecule has 1 aliphatic rings. The van der Waals surface area contributed by atoms with E-state index in [-0.39, 0.29) is 11.9 Å². The lowest BCUT2D eigenvalue weighted by Gasteiger charge is -2.25. The summed E-state index contributed by atoms with van der Waals surface area (Å²) in [6.45, 7) is 0. The predicted molar refractivity (Wildman–Crippen MR) is 81.2 cm³/mol. The number of hydrogen-bond acceptors (Lipinski definition) is 2. The Bertz CT molecular complexity index is 609. The van der Waals surface area contributed by atoms with Crippen molar-refractivity contribution in [3.8, 4) is 0 Å². The minimum Gasteiger partial charge on any atom is -0.309 e. The number of para-hydroxylation sites is 2. The van der Waals surface area contributed by atoms with E-state index in [4.69, 9.17) is 0 Å². The van der Waals surface area contributed by atoms with E-state index in [0.717, 1.165) is 24.2 Å². The molecule has 0 bridgehead atoms. The SMILES string of the molecule is CNC1CCc2ccccc2N(c2ccccc2)C1=O. The first kappa shape index (κ1) is 12.9. The summed E-state index contributed by atoms with van der Waals surface area (Å²) >= 11 is 0. The number of carbonyl (C=O) groups is 1. The third kappa shape index (κ3) is 2.21. The summed E-state index contributed by atoms with van der Waals surface area (Å²) in [5.41, 5.74) is 3.15. The molecule has 0 fully saturated rings. The highest BCUT2D eigenvalue weighted by molar-refractivity contribution is 6.04. The second-order valence-corrected chi connectivity index (χ2v) is 5.02. The van der Waals surface area contributed by atoms with Crippen molar-refractivity contribution < 1.29 is 4.79 Å². The molecule has 20 heavy (non-hydrogen) atoms. The smallest absolute Gasteiger partial charge is 0.248 e. The highest BCUT2D eigenvalue weighted by atomic mass is 16.2. The second-order valence-electron chi connectivity index (χ2n) is 5.02. The van der Waals surface area contributed by atoms with Gasteiger partial charge in [-0.1, -0.05) is 36.4 Å². The molecule has 0 aromatic heterocycles. The minimum atomic E-state index is -0.136. The van der Waals surface area contributed by atoms with Crippen molar-refractivity contribution in [1.29, 1.82) is 0 Å². The van der Waals surface area contributed by atoms with Crippen LogP contribution in [0, 0.1) is 0 Å². The number of rotatable bonds is 2. The molecule has 0 saturated carbocycles. The van der Waals surface area contributed by atoms with Crippen molar-refractivity contribution in [1.82, 2.24) is 5.32 Å². The van der Waals surface area contributed by atoms with Crippen LogP contribution in [0.2, 0.25) is 0 Å². The molecule has 0 saturated heterocycles. The molecule has 1 unspecified atom stereocenters. The van der Waals surface area contributed by atoms with Gasteiger partial charge in [0, 0.05) is 5.69 Å². The number of carbonyl (C=O) groups excluding carboxylic acids is 1. The molecule has 1 aliphatic heterocycles. The third-order valence-corrected chi connectivity index (χ3v) is 3.82. The molecule has 2 aromatic rings. The second kappa shape index (κ2) is 5.47. The Labute approximate surface area is 119 Å². The fourth-order valence-electron chi connectivity index (χ4n) is 2.75. The zero-order chi connectivity index (χ0) is 13.9. The lowest BCUT2D eigenvalue weighted by molar-refractivity contribution is -0.119. The van der Waals surface area contributed by atoms with Crippen molar-refractivity contribution in [2.24, 2.45) is 0 Å². The normalized spacial score (nSPS) is 18.6. The van der Waals surface area contributed by atoms with Crippen molar-refractivity contribution in [3.05, 3.63) is 60.2 Å². The average Bonchev–Trinajstić information content (AvgIpc) is 2.64. The summed E-state index contributed by atoms with van der Waals surface area (Å²) in [6, 6.07) is 17.9. The number of amides is 1. The molecule has 3 nitrogen and oxygen atoms in total. The van der Waals surface area contributed by atoms with E-state index >= 15 is 0 Å². The van der Waals surface area contributed by atoms with Crippen LogP contribution in [0.25, 0.3) is 0 Å². The minimum absolute atomic E-state index is 0.114. The largest absolute Gasteiger partial charge is 0.309 e. The molecule has 3 rings (SSSR count). The van der Waals surface area contributed by atoms with E-state index < -0.39 is 0 Å². The number of nitrogens with zero attached hydrogens (tertiary/aromatic N) is 1. The molecule has 2 aromatic carbocycles. The van der Waals surface area contributed by atoms with E-state index in [1.165, 1.54) is 5.56 Å². The fraction of sp³-hybridized carbons (Fsp3) is 0.235. The maximum atomic E-state index is 12.8. The molecule has 0 radical (unpaired) electrons. The molecular weight excluding hydrogens is 248 g/mol. The van der Waals surface area contributed by atoms with Gasteiger partial charge in [-0.3, -0.25) is 9.69 Å². The first-order valence-electron chi connectivity index (χ1n) is 6.95. The molecule has 1 N–H and O–H groups in total. The molecule has 102 valence electrons. The van der Waals surface area contributed by atoms with E-state index in [1.54, 1.807) is 0 Å². The van der Waals surface area contributed by atoms with Crippen LogP contribution in [0.4, 0.5) is 11.4 Å². The Hall–Kier alpha value is -2.13. The Morgan fingerprint density at radius 2 is 1.75 bits per heavy atom. The van der Waals surface area contributed by atoms with Gasteiger partial charge < -0.3 is 5.32 Å². The summed E-state index contributed by atoms with van der Waals surface area (Å²) in [4.78, 5) is 14.6. The van der Waals surface area contributed by atoms with Gasteiger partial charge in [-0.25, -0.2) is 0 Å². The van der Waals surface area contributed by atoms with Gasteiger partial charge >= 0.3 is 0 Å². The van der Waals surface area contributed by atoms with Gasteiger partial charge in [-0.2, -0.15) is 0 Å². The Morgan fingerprint density at radius 1 is 1.05 bits per heavy atom. The van der Waals surface area contributed by atoms with Gasteiger partial charge in [0.1, 0.15) is 0 Å². The molecular formula is C17H18N2O. The van der Waals surface area contributed by atoms with Gasteiger partial charge in [-0.15, -0.1) is 0 Å². The van der Waals surface area contributed by atoms with Crippen LogP contribution < -0.4 is 10.2 Å². The number of aryl methyl sites for hydroxylation is 1. The summed E-state index contributed by atoms with van der Waals surface area (Å²) in [7, 11) is 1.85. The fourth-order valence-corrected chi connectivity index (χ4v) is 2.75. The number of nitrogens with one attached hydrogen (secondary N) is 1. The summed E-state index contributed by atoms with van der Waals surface area (Å²) < 4.78 is 0.